The van der Waals surface area contributed by atoms with E-state index in [1.807, 2.05) is 37.8 Å². The molecule has 1 aliphatic carbocycles. The monoisotopic (exact) mass is 446 g/mol. The molecule has 10 heteroatoms. The first-order valence-corrected chi connectivity index (χ1v) is 11.5. The Morgan fingerprint density at radius 3 is 2.90 bits per heavy atom. The maximum Gasteiger partial charge on any atom is 0.235 e. The minimum Gasteiger partial charge on any atom is -0.396 e. The average molecular weight is 447 g/mol. The minimum absolute atomic E-state index is 0.603. The molecule has 4 heterocycles. The number of benzene rings is 1. The van der Waals surface area contributed by atoms with Crippen molar-refractivity contribution < 1.29 is 0 Å². The number of allylic oxidation sites excluding steroid dienone is 1. The zero-order valence-electron chi connectivity index (χ0n) is 16.6. The first kappa shape index (κ1) is 18.5. The van der Waals surface area contributed by atoms with Gasteiger partial charge in [-0.25, -0.2) is 0 Å². The predicted molar refractivity (Wildman–Crippen MR) is 122 cm³/mol. The molecule has 6 rings (SSSR count). The van der Waals surface area contributed by atoms with Crippen LogP contribution in [0.1, 0.15) is 17.8 Å². The first-order valence-electron chi connectivity index (χ1n) is 9.89. The molecule has 5 aromatic rings. The quantitative estimate of drug-likeness (QED) is 0.436. The fourth-order valence-electron chi connectivity index (χ4n) is 3.37. The van der Waals surface area contributed by atoms with E-state index in [0.29, 0.717) is 11.1 Å². The molecule has 4 aromatic heterocycles. The topological polar surface area (TPSA) is 99.8 Å². The highest BCUT2D eigenvalue weighted by molar-refractivity contribution is 7.99. The van der Waals surface area contributed by atoms with E-state index in [0.717, 1.165) is 42.6 Å². The van der Waals surface area contributed by atoms with E-state index < -0.39 is 0 Å². The molecule has 0 aliphatic heterocycles. The highest BCUT2D eigenvalue weighted by Gasteiger charge is 2.21. The summed E-state index contributed by atoms with van der Waals surface area (Å²) in [5, 5.41) is 20.0. The molecule has 0 bridgehead atoms. The number of pyridine rings is 1. The Bertz CT molecular complexity index is 1460. The van der Waals surface area contributed by atoms with Crippen molar-refractivity contribution in [2.75, 3.05) is 0 Å². The molecule has 31 heavy (non-hydrogen) atoms. The van der Waals surface area contributed by atoms with E-state index in [2.05, 4.69) is 43.6 Å². The fraction of sp³-hybridized carbons (Fsp3) is 0.190. The third-order valence-corrected chi connectivity index (χ3v) is 7.02. The Hall–Kier alpha value is -3.24. The van der Waals surface area contributed by atoms with Crippen LogP contribution >= 0.6 is 23.1 Å². The molecular formula is C21H18N8S2. The zero-order valence-corrected chi connectivity index (χ0v) is 18.3. The van der Waals surface area contributed by atoms with Gasteiger partial charge in [-0.3, -0.25) is 9.67 Å². The third-order valence-electron chi connectivity index (χ3n) is 5.15. The highest BCUT2D eigenvalue weighted by Crippen LogP contribution is 2.34. The van der Waals surface area contributed by atoms with Gasteiger partial charge in [-0.05, 0) is 54.8 Å². The van der Waals surface area contributed by atoms with Crippen LogP contribution in [0.3, 0.4) is 0 Å². The predicted octanol–water partition coefficient (Wildman–Crippen LogP) is 4.00. The minimum atomic E-state index is 0.603. The smallest absolute Gasteiger partial charge is 0.235 e. The number of fused-ring (bicyclic) bond motifs is 2. The zero-order chi connectivity index (χ0) is 20.9. The molecule has 0 saturated heterocycles. The Morgan fingerprint density at radius 1 is 1.19 bits per heavy atom. The van der Waals surface area contributed by atoms with Gasteiger partial charge in [0.15, 0.2) is 5.01 Å². The summed E-state index contributed by atoms with van der Waals surface area (Å²) < 4.78 is 3.56. The maximum absolute atomic E-state index is 6.22. The van der Waals surface area contributed by atoms with Crippen molar-refractivity contribution in [3.05, 3.63) is 53.9 Å². The van der Waals surface area contributed by atoms with Crippen LogP contribution in [0.5, 0.6) is 0 Å². The van der Waals surface area contributed by atoms with Crippen LogP contribution in [0.4, 0.5) is 0 Å². The van der Waals surface area contributed by atoms with Crippen molar-refractivity contribution >= 4 is 44.7 Å². The summed E-state index contributed by atoms with van der Waals surface area (Å²) in [4.78, 5) is 6.38. The molecule has 1 aliphatic rings. The Morgan fingerprint density at radius 2 is 2.10 bits per heavy atom. The second-order valence-corrected chi connectivity index (χ2v) is 9.62. The lowest BCUT2D eigenvalue weighted by atomic mass is 10.1. The molecule has 0 atom stereocenters. The lowest BCUT2D eigenvalue weighted by Crippen LogP contribution is -1.98. The number of rotatable bonds is 5. The second-order valence-electron chi connectivity index (χ2n) is 7.63. The largest absolute Gasteiger partial charge is 0.396 e. The van der Waals surface area contributed by atoms with Crippen molar-refractivity contribution in [1.29, 1.82) is 0 Å². The number of hydrogen-bond donors (Lipinski definition) is 1. The molecule has 0 spiro atoms. The van der Waals surface area contributed by atoms with E-state index in [1.165, 1.54) is 35.9 Å². The molecule has 0 radical (unpaired) electrons. The third kappa shape index (κ3) is 3.57. The van der Waals surface area contributed by atoms with Crippen LogP contribution in [0.2, 0.25) is 0 Å². The molecule has 1 saturated carbocycles. The molecule has 1 aromatic carbocycles. The summed E-state index contributed by atoms with van der Waals surface area (Å²) >= 11 is 2.99. The molecule has 154 valence electrons. The van der Waals surface area contributed by atoms with Gasteiger partial charge in [0.25, 0.3) is 0 Å². The first-order chi connectivity index (χ1) is 15.1. The summed E-state index contributed by atoms with van der Waals surface area (Å²) in [6.07, 6.45) is 10.2. The Balaban J connectivity index is 1.32. The van der Waals surface area contributed by atoms with Gasteiger partial charge in [-0.1, -0.05) is 17.4 Å². The van der Waals surface area contributed by atoms with Gasteiger partial charge in [0, 0.05) is 40.8 Å². The van der Waals surface area contributed by atoms with E-state index in [4.69, 9.17) is 5.73 Å². The van der Waals surface area contributed by atoms with Gasteiger partial charge in [0.2, 0.25) is 10.1 Å². The van der Waals surface area contributed by atoms with Gasteiger partial charge in [0.05, 0.1) is 17.4 Å². The standard InChI is InChI=1S/C21H18N8S2/c1-28-11-15(10-24-28)14-7-13-8-16(4-5-18(13)23-9-14)30-20-25-26-21-29(20)27-19(31-21)17(22)6-12-2-3-12/h4-12H,2-3,22H2,1H3/b17-6-. The summed E-state index contributed by atoms with van der Waals surface area (Å²) in [6, 6.07) is 8.31. The lowest BCUT2D eigenvalue weighted by Gasteiger charge is -2.04. The maximum atomic E-state index is 6.22. The number of nitrogens with two attached hydrogens (primary N) is 1. The van der Waals surface area contributed by atoms with E-state index in [-0.39, 0.29) is 0 Å². The van der Waals surface area contributed by atoms with Crippen molar-refractivity contribution in [2.24, 2.45) is 18.7 Å². The molecular weight excluding hydrogens is 428 g/mol. The second kappa shape index (κ2) is 7.17. The van der Waals surface area contributed by atoms with Crippen LogP contribution in [-0.2, 0) is 7.05 Å². The fourth-order valence-corrected chi connectivity index (χ4v) is 5.04. The molecule has 0 amide bonds. The lowest BCUT2D eigenvalue weighted by molar-refractivity contribution is 0.768. The number of nitrogens with zero attached hydrogens (tertiary/aromatic N) is 7. The van der Waals surface area contributed by atoms with Gasteiger partial charge in [0.1, 0.15) is 0 Å². The molecule has 1 fully saturated rings. The van der Waals surface area contributed by atoms with E-state index in [1.54, 1.807) is 9.20 Å². The van der Waals surface area contributed by atoms with Crippen LogP contribution in [-0.4, -0.2) is 34.6 Å². The van der Waals surface area contributed by atoms with Gasteiger partial charge in [-0.2, -0.15) is 14.7 Å². The highest BCUT2D eigenvalue weighted by atomic mass is 32.2. The molecule has 8 nitrogen and oxygen atoms in total. The van der Waals surface area contributed by atoms with E-state index in [9.17, 15) is 0 Å². The normalized spacial score (nSPS) is 14.7. The average Bonchev–Trinajstić information content (AvgIpc) is 3.15. The van der Waals surface area contributed by atoms with Crippen molar-refractivity contribution in [3.63, 3.8) is 0 Å². The van der Waals surface area contributed by atoms with Crippen LogP contribution < -0.4 is 5.73 Å². The number of hydrogen-bond acceptors (Lipinski definition) is 8. The number of aromatic nitrogens is 7. The summed E-state index contributed by atoms with van der Waals surface area (Å²) in [7, 11) is 1.91. The number of aryl methyl sites for hydroxylation is 1. The van der Waals surface area contributed by atoms with Crippen LogP contribution in [0.15, 0.2) is 59.0 Å². The van der Waals surface area contributed by atoms with Gasteiger partial charge >= 0.3 is 0 Å². The van der Waals surface area contributed by atoms with Crippen LogP contribution in [0, 0.1) is 5.92 Å². The molecule has 2 N–H and O–H groups in total. The van der Waals surface area contributed by atoms with Crippen molar-refractivity contribution in [2.45, 2.75) is 22.9 Å². The van der Waals surface area contributed by atoms with Crippen molar-refractivity contribution in [3.8, 4) is 11.1 Å². The Labute approximate surface area is 185 Å². The summed E-state index contributed by atoms with van der Waals surface area (Å²) in [6.45, 7) is 0. The van der Waals surface area contributed by atoms with Gasteiger partial charge < -0.3 is 5.73 Å². The van der Waals surface area contributed by atoms with Crippen LogP contribution in [0.25, 0.3) is 32.7 Å². The molecule has 0 unspecified atom stereocenters. The van der Waals surface area contributed by atoms with E-state index >= 15 is 0 Å². The summed E-state index contributed by atoms with van der Waals surface area (Å²) in [5.41, 5.74) is 9.97. The Kier molecular flexibility index (Phi) is 4.29. The van der Waals surface area contributed by atoms with Crippen molar-refractivity contribution in [1.82, 2.24) is 34.6 Å². The summed E-state index contributed by atoms with van der Waals surface area (Å²) in [5.74, 6) is 0.603. The van der Waals surface area contributed by atoms with Gasteiger partial charge in [-0.15, -0.1) is 10.2 Å². The SMILES string of the molecule is Cn1cc(-c2cnc3ccc(Sc4nnc5sc(/C(N)=C/C6CC6)nn45)cc3c2)cn1.